The van der Waals surface area contributed by atoms with E-state index < -0.39 is 11.1 Å². The number of hydrogen-bond acceptors (Lipinski definition) is 2. The SMILES string of the molecule is Cc1ccc(C)c(S(=O)Oc2ccc(C)c(C)c2)c1. The Morgan fingerprint density at radius 1 is 0.842 bits per heavy atom. The lowest BCUT2D eigenvalue weighted by Gasteiger charge is -2.09. The first-order chi connectivity index (χ1) is 8.97. The molecule has 2 rings (SSSR count). The molecule has 1 atom stereocenters. The van der Waals surface area contributed by atoms with Gasteiger partial charge < -0.3 is 4.18 Å². The van der Waals surface area contributed by atoms with Crippen molar-refractivity contribution in [3.63, 3.8) is 0 Å². The minimum atomic E-state index is -1.47. The number of hydrogen-bond donors (Lipinski definition) is 0. The van der Waals surface area contributed by atoms with Crippen LogP contribution in [-0.4, -0.2) is 4.21 Å². The number of rotatable bonds is 3. The first-order valence-corrected chi connectivity index (χ1v) is 7.29. The molecule has 0 spiro atoms. The molecule has 1 unspecified atom stereocenters. The normalized spacial score (nSPS) is 12.2. The zero-order valence-corrected chi connectivity index (χ0v) is 12.5. The van der Waals surface area contributed by atoms with E-state index >= 15 is 0 Å². The van der Waals surface area contributed by atoms with Gasteiger partial charge in [-0.2, -0.15) is 0 Å². The molecule has 0 amide bonds. The zero-order chi connectivity index (χ0) is 14.0. The van der Waals surface area contributed by atoms with Gasteiger partial charge in [-0.3, -0.25) is 0 Å². The molecule has 0 saturated heterocycles. The molecule has 0 fully saturated rings. The van der Waals surface area contributed by atoms with Crippen LogP contribution in [0.4, 0.5) is 0 Å². The summed E-state index contributed by atoms with van der Waals surface area (Å²) in [6, 6.07) is 11.6. The van der Waals surface area contributed by atoms with Gasteiger partial charge in [0.1, 0.15) is 5.75 Å². The highest BCUT2D eigenvalue weighted by Gasteiger charge is 2.10. The van der Waals surface area contributed by atoms with E-state index in [1.807, 2.05) is 64.1 Å². The molecular formula is C16H18O2S. The van der Waals surface area contributed by atoms with Gasteiger partial charge in [-0.1, -0.05) is 18.2 Å². The highest BCUT2D eigenvalue weighted by Crippen LogP contribution is 2.21. The van der Waals surface area contributed by atoms with Gasteiger partial charge in [0.25, 0.3) is 0 Å². The molecule has 0 heterocycles. The lowest BCUT2D eigenvalue weighted by molar-refractivity contribution is 0.561. The van der Waals surface area contributed by atoms with Crippen molar-refractivity contribution in [2.75, 3.05) is 0 Å². The average Bonchev–Trinajstić information content (AvgIpc) is 2.36. The summed E-state index contributed by atoms with van der Waals surface area (Å²) in [5.74, 6) is 0.641. The minimum Gasteiger partial charge on any atom is -0.397 e. The molecule has 3 heteroatoms. The van der Waals surface area contributed by atoms with Crippen molar-refractivity contribution in [3.8, 4) is 5.75 Å². The third-order valence-electron chi connectivity index (χ3n) is 3.17. The summed E-state index contributed by atoms with van der Waals surface area (Å²) in [4.78, 5) is 0.734. The maximum Gasteiger partial charge on any atom is 0.240 e. The first-order valence-electron chi connectivity index (χ1n) is 6.22. The van der Waals surface area contributed by atoms with Crippen LogP contribution in [0.25, 0.3) is 0 Å². The Morgan fingerprint density at radius 3 is 2.21 bits per heavy atom. The summed E-state index contributed by atoms with van der Waals surface area (Å²) in [5, 5.41) is 0. The fourth-order valence-electron chi connectivity index (χ4n) is 1.78. The Balaban J connectivity index is 2.25. The second-order valence-corrected chi connectivity index (χ2v) is 5.91. The van der Waals surface area contributed by atoms with Crippen molar-refractivity contribution in [2.24, 2.45) is 0 Å². The molecule has 2 aromatic rings. The van der Waals surface area contributed by atoms with Gasteiger partial charge in [0.2, 0.25) is 11.1 Å². The Morgan fingerprint density at radius 2 is 1.53 bits per heavy atom. The Hall–Kier alpha value is -1.61. The van der Waals surface area contributed by atoms with E-state index in [4.69, 9.17) is 4.18 Å². The summed E-state index contributed by atoms with van der Waals surface area (Å²) >= 11 is -1.47. The molecule has 0 radical (unpaired) electrons. The standard InChI is InChI=1S/C16H18O2S/c1-11-5-6-13(3)16(9-11)19(17)18-15-8-7-12(2)14(4)10-15/h5-10H,1-4H3. The molecule has 2 nitrogen and oxygen atoms in total. The Bertz CT molecular complexity index is 633. The van der Waals surface area contributed by atoms with Crippen LogP contribution in [0.3, 0.4) is 0 Å². The van der Waals surface area contributed by atoms with Gasteiger partial charge in [0, 0.05) is 0 Å². The zero-order valence-electron chi connectivity index (χ0n) is 11.7. The monoisotopic (exact) mass is 274 g/mol. The van der Waals surface area contributed by atoms with Gasteiger partial charge in [0.15, 0.2) is 0 Å². The van der Waals surface area contributed by atoms with Gasteiger partial charge >= 0.3 is 0 Å². The summed E-state index contributed by atoms with van der Waals surface area (Å²) in [7, 11) is 0. The molecule has 2 aromatic carbocycles. The molecule has 19 heavy (non-hydrogen) atoms. The van der Waals surface area contributed by atoms with Gasteiger partial charge in [-0.25, -0.2) is 4.21 Å². The van der Waals surface area contributed by atoms with Crippen LogP contribution in [0.2, 0.25) is 0 Å². The van der Waals surface area contributed by atoms with Crippen LogP contribution in [0, 0.1) is 27.7 Å². The molecule has 0 aliphatic rings. The van der Waals surface area contributed by atoms with E-state index in [1.54, 1.807) is 0 Å². The lowest BCUT2D eigenvalue weighted by Crippen LogP contribution is -2.03. The van der Waals surface area contributed by atoms with Crippen LogP contribution in [0.5, 0.6) is 5.75 Å². The quantitative estimate of drug-likeness (QED) is 0.845. The molecule has 0 bridgehead atoms. The van der Waals surface area contributed by atoms with Crippen molar-refractivity contribution >= 4 is 11.1 Å². The largest absolute Gasteiger partial charge is 0.397 e. The maximum absolute atomic E-state index is 12.3. The first kappa shape index (κ1) is 13.8. The molecular weight excluding hydrogens is 256 g/mol. The van der Waals surface area contributed by atoms with Crippen molar-refractivity contribution < 1.29 is 8.39 Å². The van der Waals surface area contributed by atoms with Crippen LogP contribution in [0.15, 0.2) is 41.3 Å². The van der Waals surface area contributed by atoms with E-state index in [0.717, 1.165) is 21.6 Å². The van der Waals surface area contributed by atoms with Crippen molar-refractivity contribution in [2.45, 2.75) is 32.6 Å². The van der Waals surface area contributed by atoms with Gasteiger partial charge in [-0.05, 0) is 68.1 Å². The van der Waals surface area contributed by atoms with Crippen LogP contribution < -0.4 is 4.18 Å². The van der Waals surface area contributed by atoms with Crippen LogP contribution in [-0.2, 0) is 11.1 Å². The fraction of sp³-hybridized carbons (Fsp3) is 0.250. The Labute approximate surface area is 117 Å². The highest BCUT2D eigenvalue weighted by atomic mass is 32.2. The third kappa shape index (κ3) is 3.24. The van der Waals surface area contributed by atoms with E-state index in [1.165, 1.54) is 5.56 Å². The highest BCUT2D eigenvalue weighted by molar-refractivity contribution is 7.80. The average molecular weight is 274 g/mol. The summed E-state index contributed by atoms with van der Waals surface area (Å²) in [6.45, 7) is 7.98. The molecule has 0 N–H and O–H groups in total. The number of benzene rings is 2. The molecule has 0 aliphatic heterocycles. The van der Waals surface area contributed by atoms with E-state index in [2.05, 4.69) is 0 Å². The lowest BCUT2D eigenvalue weighted by atomic mass is 10.1. The van der Waals surface area contributed by atoms with Crippen molar-refractivity contribution in [1.82, 2.24) is 0 Å². The summed E-state index contributed by atoms with van der Waals surface area (Å²) in [5.41, 5.74) is 4.39. The van der Waals surface area contributed by atoms with E-state index in [-0.39, 0.29) is 0 Å². The maximum atomic E-state index is 12.3. The Kier molecular flexibility index (Phi) is 4.05. The minimum absolute atomic E-state index is 0.641. The summed E-state index contributed by atoms with van der Waals surface area (Å²) in [6.07, 6.45) is 0. The smallest absolute Gasteiger partial charge is 0.240 e. The second kappa shape index (κ2) is 5.57. The predicted molar refractivity (Wildman–Crippen MR) is 78.9 cm³/mol. The van der Waals surface area contributed by atoms with Gasteiger partial charge in [-0.15, -0.1) is 0 Å². The molecule has 100 valence electrons. The van der Waals surface area contributed by atoms with E-state index in [9.17, 15) is 4.21 Å². The third-order valence-corrected chi connectivity index (χ3v) is 4.32. The van der Waals surface area contributed by atoms with E-state index in [0.29, 0.717) is 5.75 Å². The predicted octanol–water partition coefficient (Wildman–Crippen LogP) is 4.02. The van der Waals surface area contributed by atoms with Gasteiger partial charge in [0.05, 0.1) is 4.90 Å². The summed E-state index contributed by atoms with van der Waals surface area (Å²) < 4.78 is 17.8. The topological polar surface area (TPSA) is 26.3 Å². The number of aryl methyl sites for hydroxylation is 4. The van der Waals surface area contributed by atoms with Crippen LogP contribution >= 0.6 is 0 Å². The molecule has 0 saturated carbocycles. The van der Waals surface area contributed by atoms with Crippen molar-refractivity contribution in [3.05, 3.63) is 58.7 Å². The van der Waals surface area contributed by atoms with Crippen LogP contribution in [0.1, 0.15) is 22.3 Å². The molecule has 0 aliphatic carbocycles. The molecule has 0 aromatic heterocycles. The second-order valence-electron chi connectivity index (χ2n) is 4.83. The fourth-order valence-corrected chi connectivity index (χ4v) is 2.77. The van der Waals surface area contributed by atoms with Crippen molar-refractivity contribution in [1.29, 1.82) is 0 Å².